The third-order valence-corrected chi connectivity index (χ3v) is 2.85. The molecule has 0 fully saturated rings. The van der Waals surface area contributed by atoms with Crippen molar-refractivity contribution in [2.24, 2.45) is 0 Å². The summed E-state index contributed by atoms with van der Waals surface area (Å²) in [6.07, 6.45) is 1.90. The monoisotopic (exact) mass is 308 g/mol. The number of hydrogen-bond acceptors (Lipinski definition) is 4. The molecule has 2 rings (SSSR count). The minimum absolute atomic E-state index is 0.0508. The van der Waals surface area contributed by atoms with Crippen molar-refractivity contribution in [1.82, 2.24) is 10.3 Å². The van der Waals surface area contributed by atoms with Crippen molar-refractivity contribution >= 4 is 5.91 Å². The number of aliphatic hydroxyl groups is 1. The van der Waals surface area contributed by atoms with E-state index in [1.165, 1.54) is 24.4 Å². The van der Waals surface area contributed by atoms with E-state index in [1.54, 1.807) is 24.4 Å². The van der Waals surface area contributed by atoms with Crippen molar-refractivity contribution in [3.8, 4) is 5.75 Å². The van der Waals surface area contributed by atoms with Crippen LogP contribution in [0.2, 0.25) is 0 Å². The first kappa shape index (κ1) is 15.8. The van der Waals surface area contributed by atoms with E-state index >= 15 is 0 Å². The van der Waals surface area contributed by atoms with Crippen molar-refractivity contribution in [3.63, 3.8) is 0 Å². The molecule has 0 spiro atoms. The highest BCUT2D eigenvalue weighted by Crippen LogP contribution is 2.20. The summed E-state index contributed by atoms with van der Waals surface area (Å²) in [6.45, 7) is -3.00. The van der Waals surface area contributed by atoms with Crippen LogP contribution in [-0.4, -0.2) is 29.2 Å². The van der Waals surface area contributed by atoms with Gasteiger partial charge in [0.2, 0.25) is 0 Å². The first-order chi connectivity index (χ1) is 10.6. The van der Waals surface area contributed by atoms with Gasteiger partial charge in [-0.15, -0.1) is 0 Å². The van der Waals surface area contributed by atoms with Gasteiger partial charge in [-0.3, -0.25) is 9.78 Å². The predicted octanol–water partition coefficient (Wildman–Crippen LogP) is 2.15. The Bertz CT molecular complexity index is 623. The van der Waals surface area contributed by atoms with Crippen LogP contribution >= 0.6 is 0 Å². The number of ether oxygens (including phenoxy) is 1. The zero-order chi connectivity index (χ0) is 15.9. The second kappa shape index (κ2) is 7.46. The van der Waals surface area contributed by atoms with Gasteiger partial charge in [-0.05, 0) is 29.8 Å². The van der Waals surface area contributed by atoms with Gasteiger partial charge in [-0.1, -0.05) is 12.1 Å². The summed E-state index contributed by atoms with van der Waals surface area (Å²) in [5, 5.41) is 12.5. The van der Waals surface area contributed by atoms with E-state index in [2.05, 4.69) is 15.0 Å². The molecule has 1 aromatic heterocycles. The number of carbonyl (C=O) groups is 1. The number of carbonyl (C=O) groups excluding carboxylic acids is 1. The van der Waals surface area contributed by atoms with E-state index < -0.39 is 12.7 Å². The SMILES string of the molecule is O=C(NCC(O)c1cccc(OC(F)F)c1)c1cccnc1. The quantitative estimate of drug-likeness (QED) is 0.858. The van der Waals surface area contributed by atoms with Gasteiger partial charge in [0.1, 0.15) is 5.75 Å². The second-order valence-electron chi connectivity index (χ2n) is 4.42. The molecule has 1 aromatic carbocycles. The number of aliphatic hydroxyl groups excluding tert-OH is 1. The van der Waals surface area contributed by atoms with Crippen molar-refractivity contribution in [3.05, 3.63) is 59.9 Å². The number of hydrogen-bond donors (Lipinski definition) is 2. The second-order valence-corrected chi connectivity index (χ2v) is 4.42. The van der Waals surface area contributed by atoms with E-state index in [-0.39, 0.29) is 18.2 Å². The lowest BCUT2D eigenvalue weighted by molar-refractivity contribution is -0.0499. The average molecular weight is 308 g/mol. The molecule has 0 bridgehead atoms. The lowest BCUT2D eigenvalue weighted by Gasteiger charge is -2.13. The molecular formula is C15H14F2N2O3. The van der Waals surface area contributed by atoms with Gasteiger partial charge >= 0.3 is 6.61 Å². The fourth-order valence-electron chi connectivity index (χ4n) is 1.80. The molecule has 7 heteroatoms. The van der Waals surface area contributed by atoms with Gasteiger partial charge < -0.3 is 15.2 Å². The van der Waals surface area contributed by atoms with Crippen molar-refractivity contribution in [1.29, 1.82) is 0 Å². The number of nitrogens with zero attached hydrogens (tertiary/aromatic N) is 1. The Morgan fingerprint density at radius 2 is 2.14 bits per heavy atom. The van der Waals surface area contributed by atoms with Crippen LogP contribution in [0, 0.1) is 0 Å². The van der Waals surface area contributed by atoms with E-state index in [0.717, 1.165) is 0 Å². The summed E-state index contributed by atoms with van der Waals surface area (Å²) in [7, 11) is 0. The van der Waals surface area contributed by atoms with E-state index in [9.17, 15) is 18.7 Å². The first-order valence-corrected chi connectivity index (χ1v) is 6.47. The fourth-order valence-corrected chi connectivity index (χ4v) is 1.80. The van der Waals surface area contributed by atoms with Gasteiger partial charge in [0, 0.05) is 18.9 Å². The van der Waals surface area contributed by atoms with Crippen LogP contribution in [0.15, 0.2) is 48.8 Å². The number of nitrogens with one attached hydrogen (secondary N) is 1. The van der Waals surface area contributed by atoms with Gasteiger partial charge in [-0.25, -0.2) is 0 Å². The highest BCUT2D eigenvalue weighted by molar-refractivity contribution is 5.93. The molecule has 1 atom stereocenters. The molecule has 0 saturated carbocycles. The Kier molecular flexibility index (Phi) is 5.37. The topological polar surface area (TPSA) is 71.5 Å². The maximum atomic E-state index is 12.1. The lowest BCUT2D eigenvalue weighted by Crippen LogP contribution is -2.28. The van der Waals surface area contributed by atoms with Crippen LogP contribution in [0.3, 0.4) is 0 Å². The summed E-state index contributed by atoms with van der Waals surface area (Å²) in [4.78, 5) is 15.6. The Labute approximate surface area is 125 Å². The van der Waals surface area contributed by atoms with Crippen LogP contribution in [0.25, 0.3) is 0 Å². The molecule has 116 valence electrons. The highest BCUT2D eigenvalue weighted by Gasteiger charge is 2.12. The Hall–Kier alpha value is -2.54. The summed E-state index contributed by atoms with van der Waals surface area (Å²) in [6, 6.07) is 8.91. The number of pyridine rings is 1. The van der Waals surface area contributed by atoms with Crippen molar-refractivity contribution < 1.29 is 23.4 Å². The number of benzene rings is 1. The average Bonchev–Trinajstić information content (AvgIpc) is 2.52. The lowest BCUT2D eigenvalue weighted by atomic mass is 10.1. The van der Waals surface area contributed by atoms with Gasteiger partial charge in [0.05, 0.1) is 11.7 Å². The van der Waals surface area contributed by atoms with Crippen molar-refractivity contribution in [2.45, 2.75) is 12.7 Å². The first-order valence-electron chi connectivity index (χ1n) is 6.47. The van der Waals surface area contributed by atoms with Crippen LogP contribution in [-0.2, 0) is 0 Å². The smallest absolute Gasteiger partial charge is 0.387 e. The Balaban J connectivity index is 1.94. The molecule has 0 radical (unpaired) electrons. The van der Waals surface area contributed by atoms with Gasteiger partial charge in [0.25, 0.3) is 5.91 Å². The number of aromatic nitrogens is 1. The van der Waals surface area contributed by atoms with Crippen LogP contribution in [0.4, 0.5) is 8.78 Å². The summed E-state index contributed by atoms with van der Waals surface area (Å²) >= 11 is 0. The number of amides is 1. The maximum Gasteiger partial charge on any atom is 0.387 e. The highest BCUT2D eigenvalue weighted by atomic mass is 19.3. The van der Waals surface area contributed by atoms with Gasteiger partial charge in [0.15, 0.2) is 0 Å². The molecule has 2 N–H and O–H groups in total. The Morgan fingerprint density at radius 3 is 2.82 bits per heavy atom. The maximum absolute atomic E-state index is 12.1. The van der Waals surface area contributed by atoms with E-state index in [0.29, 0.717) is 11.1 Å². The van der Waals surface area contributed by atoms with Crippen molar-refractivity contribution in [2.75, 3.05) is 6.54 Å². The largest absolute Gasteiger partial charge is 0.435 e. The molecule has 0 aliphatic carbocycles. The minimum Gasteiger partial charge on any atom is -0.435 e. The molecular weight excluding hydrogens is 294 g/mol. The van der Waals surface area contributed by atoms with Crippen LogP contribution in [0.5, 0.6) is 5.75 Å². The minimum atomic E-state index is -2.93. The molecule has 5 nitrogen and oxygen atoms in total. The number of rotatable bonds is 6. The predicted molar refractivity (Wildman–Crippen MR) is 74.6 cm³/mol. The summed E-state index contributed by atoms with van der Waals surface area (Å²) in [5.74, 6) is -0.433. The number of alkyl halides is 2. The Morgan fingerprint density at radius 1 is 1.32 bits per heavy atom. The third-order valence-electron chi connectivity index (χ3n) is 2.85. The molecule has 22 heavy (non-hydrogen) atoms. The fraction of sp³-hybridized carbons (Fsp3) is 0.200. The molecule has 0 saturated heterocycles. The van der Waals surface area contributed by atoms with E-state index in [1.807, 2.05) is 0 Å². The standard InChI is InChI=1S/C15H14F2N2O3/c16-15(17)22-12-5-1-3-10(7-12)13(20)9-19-14(21)11-4-2-6-18-8-11/h1-8,13,15,20H,9H2,(H,19,21). The molecule has 1 unspecified atom stereocenters. The zero-order valence-corrected chi connectivity index (χ0v) is 11.4. The molecule has 2 aromatic rings. The summed E-state index contributed by atoms with van der Waals surface area (Å²) < 4.78 is 28.6. The number of halogens is 2. The van der Waals surface area contributed by atoms with E-state index in [4.69, 9.17) is 0 Å². The summed E-state index contributed by atoms with van der Waals surface area (Å²) in [5.41, 5.74) is 0.731. The molecule has 1 heterocycles. The molecule has 0 aliphatic rings. The normalized spacial score (nSPS) is 12.0. The van der Waals surface area contributed by atoms with Crippen LogP contribution < -0.4 is 10.1 Å². The molecule has 1 amide bonds. The van der Waals surface area contributed by atoms with Gasteiger partial charge in [-0.2, -0.15) is 8.78 Å². The molecule has 0 aliphatic heterocycles. The zero-order valence-electron chi connectivity index (χ0n) is 11.4. The van der Waals surface area contributed by atoms with Crippen LogP contribution in [0.1, 0.15) is 22.0 Å². The third kappa shape index (κ3) is 4.49.